The van der Waals surface area contributed by atoms with Crippen molar-refractivity contribution in [2.45, 2.75) is 97.1 Å². The zero-order valence-electron chi connectivity index (χ0n) is 17.9. The molecule has 4 aliphatic rings. The Kier molecular flexibility index (Phi) is 12.2. The summed E-state index contributed by atoms with van der Waals surface area (Å²) in [6, 6.07) is 0. The maximum Gasteiger partial charge on any atom is -1.00 e. The normalized spacial score (nSPS) is 32.4. The van der Waals surface area contributed by atoms with E-state index in [1.807, 2.05) is 11.1 Å². The maximum atomic E-state index is 2.55. The number of halogens is 2. The topological polar surface area (TPSA) is 0 Å². The SMILES string of the molecule is C1=CC2CCCCCCC[CH]([Zr+2][CH]3CCCCCCCC4C=CC=C43)C2=C1.[Cl-].[Cl-]. The van der Waals surface area contributed by atoms with Crippen LogP contribution >= 0.6 is 0 Å². The van der Waals surface area contributed by atoms with E-state index in [0.717, 1.165) is 19.1 Å². The minimum atomic E-state index is -0.474. The fraction of sp³-hybridized carbons (Fsp3) is 0.692. The first-order valence-electron chi connectivity index (χ1n) is 11.9. The van der Waals surface area contributed by atoms with Crippen LogP contribution in [0.3, 0.4) is 0 Å². The van der Waals surface area contributed by atoms with Crippen LogP contribution in [0, 0.1) is 11.8 Å². The summed E-state index contributed by atoms with van der Waals surface area (Å²) in [5, 5.41) is 0. The Hall–Kier alpha value is 0.423. The van der Waals surface area contributed by atoms with E-state index in [1.54, 1.807) is 0 Å². The van der Waals surface area contributed by atoms with Gasteiger partial charge in [-0.2, -0.15) is 0 Å². The molecule has 0 saturated heterocycles. The summed E-state index contributed by atoms with van der Waals surface area (Å²) in [6.07, 6.45) is 35.6. The van der Waals surface area contributed by atoms with Crippen molar-refractivity contribution in [3.05, 3.63) is 47.6 Å². The van der Waals surface area contributed by atoms with Crippen molar-refractivity contribution in [2.75, 3.05) is 0 Å². The molecule has 0 aromatic rings. The molecule has 4 rings (SSSR count). The Labute approximate surface area is 203 Å². The molecule has 0 radical (unpaired) electrons. The van der Waals surface area contributed by atoms with Crippen molar-refractivity contribution < 1.29 is 48.0 Å². The van der Waals surface area contributed by atoms with E-state index in [0.29, 0.717) is 0 Å². The molecule has 4 unspecified atom stereocenters. The summed E-state index contributed by atoms with van der Waals surface area (Å²) in [5.41, 5.74) is 3.76. The summed E-state index contributed by atoms with van der Waals surface area (Å²) < 4.78 is 2.00. The summed E-state index contributed by atoms with van der Waals surface area (Å²) in [7, 11) is 0. The fourth-order valence-corrected chi connectivity index (χ4v) is 11.3. The molecule has 160 valence electrons. The fourth-order valence-electron chi connectivity index (χ4n) is 5.77. The standard InChI is InChI=1S/2C13H19.2ClH.Zr/c2*1-2-4-6-9-13-11-7-10-12(13)8-5-3-1;;;/h2*7-8,10-11,13H,1-6,9H2;2*1H;/q;;;;+2/p-2. The van der Waals surface area contributed by atoms with Crippen molar-refractivity contribution >= 4 is 0 Å². The second-order valence-electron chi connectivity index (χ2n) is 9.28. The van der Waals surface area contributed by atoms with Crippen LogP contribution in [0.1, 0.15) is 89.9 Å². The molecule has 4 atom stereocenters. The van der Waals surface area contributed by atoms with Gasteiger partial charge in [-0.3, -0.25) is 0 Å². The zero-order chi connectivity index (χ0) is 18.3. The van der Waals surface area contributed by atoms with Crippen molar-refractivity contribution in [2.24, 2.45) is 11.8 Å². The van der Waals surface area contributed by atoms with Gasteiger partial charge in [-0.15, -0.1) is 0 Å². The molecule has 2 saturated carbocycles. The van der Waals surface area contributed by atoms with Crippen LogP contribution in [0.15, 0.2) is 47.6 Å². The quantitative estimate of drug-likeness (QED) is 0.533. The van der Waals surface area contributed by atoms with Gasteiger partial charge in [-0.05, 0) is 0 Å². The molecule has 29 heavy (non-hydrogen) atoms. The average molecular weight is 513 g/mol. The molecule has 4 aliphatic carbocycles. The molecule has 0 N–H and O–H groups in total. The molecule has 0 spiro atoms. The molecule has 2 fully saturated rings. The Bertz CT molecular complexity index is 552. The van der Waals surface area contributed by atoms with Gasteiger partial charge in [-0.1, -0.05) is 0 Å². The van der Waals surface area contributed by atoms with Crippen LogP contribution in [-0.2, 0) is 23.2 Å². The number of rotatable bonds is 2. The summed E-state index contributed by atoms with van der Waals surface area (Å²) in [6.45, 7) is 0. The van der Waals surface area contributed by atoms with Crippen LogP contribution < -0.4 is 24.8 Å². The average Bonchev–Trinajstić information content (AvgIpc) is 3.34. The van der Waals surface area contributed by atoms with Crippen molar-refractivity contribution in [3.63, 3.8) is 0 Å². The van der Waals surface area contributed by atoms with Crippen LogP contribution in [0.4, 0.5) is 0 Å². The Morgan fingerprint density at radius 3 is 1.34 bits per heavy atom. The molecular weight excluding hydrogens is 474 g/mol. The van der Waals surface area contributed by atoms with E-state index in [9.17, 15) is 0 Å². The van der Waals surface area contributed by atoms with E-state index < -0.39 is 23.2 Å². The molecular formula is C26H38Cl2Zr. The van der Waals surface area contributed by atoms with Gasteiger partial charge in [0.15, 0.2) is 0 Å². The second kappa shape index (κ2) is 13.8. The van der Waals surface area contributed by atoms with E-state index in [4.69, 9.17) is 0 Å². The van der Waals surface area contributed by atoms with Gasteiger partial charge in [0.2, 0.25) is 0 Å². The molecule has 0 heterocycles. The third-order valence-electron chi connectivity index (χ3n) is 7.34. The summed E-state index contributed by atoms with van der Waals surface area (Å²) in [5.74, 6) is 1.61. The van der Waals surface area contributed by atoms with Gasteiger partial charge < -0.3 is 24.8 Å². The minimum absolute atomic E-state index is 0. The van der Waals surface area contributed by atoms with E-state index in [2.05, 4.69) is 36.5 Å². The third kappa shape index (κ3) is 7.22. The van der Waals surface area contributed by atoms with E-state index in [-0.39, 0.29) is 24.8 Å². The smallest absolute Gasteiger partial charge is 1.00 e. The molecule has 0 amide bonds. The molecule has 0 aromatic carbocycles. The van der Waals surface area contributed by atoms with Crippen molar-refractivity contribution in [3.8, 4) is 0 Å². The van der Waals surface area contributed by atoms with Crippen LogP contribution in [0.5, 0.6) is 0 Å². The monoisotopic (exact) mass is 510 g/mol. The summed E-state index contributed by atoms with van der Waals surface area (Å²) >= 11 is -0.474. The Morgan fingerprint density at radius 2 is 0.897 bits per heavy atom. The number of hydrogen-bond acceptors (Lipinski definition) is 0. The summed E-state index contributed by atoms with van der Waals surface area (Å²) in [4.78, 5) is 0. The largest absolute Gasteiger partial charge is 1.00 e. The van der Waals surface area contributed by atoms with Crippen molar-refractivity contribution in [1.82, 2.24) is 0 Å². The van der Waals surface area contributed by atoms with Crippen LogP contribution in [-0.4, -0.2) is 0 Å². The first-order chi connectivity index (χ1) is 13.4. The van der Waals surface area contributed by atoms with Gasteiger partial charge >= 0.3 is 180 Å². The maximum absolute atomic E-state index is 2.55. The van der Waals surface area contributed by atoms with Gasteiger partial charge in [0.25, 0.3) is 0 Å². The predicted octanol–water partition coefficient (Wildman–Crippen LogP) is 2.37. The first kappa shape index (κ1) is 25.7. The number of fused-ring (bicyclic) bond motifs is 2. The molecule has 0 aromatic heterocycles. The second-order valence-corrected chi connectivity index (χ2v) is 13.5. The van der Waals surface area contributed by atoms with E-state index >= 15 is 0 Å². The van der Waals surface area contributed by atoms with E-state index in [1.165, 1.54) is 89.9 Å². The zero-order valence-corrected chi connectivity index (χ0v) is 21.9. The molecule has 0 aliphatic heterocycles. The van der Waals surface area contributed by atoms with Gasteiger partial charge in [-0.25, -0.2) is 0 Å². The Morgan fingerprint density at radius 1 is 0.517 bits per heavy atom. The van der Waals surface area contributed by atoms with Crippen molar-refractivity contribution in [1.29, 1.82) is 0 Å². The molecule has 3 heteroatoms. The number of allylic oxidation sites excluding steroid dienone is 8. The first-order valence-corrected chi connectivity index (χ1v) is 14.8. The minimum Gasteiger partial charge on any atom is -1.00 e. The molecule has 0 nitrogen and oxygen atoms in total. The van der Waals surface area contributed by atoms with Gasteiger partial charge in [0, 0.05) is 0 Å². The predicted molar refractivity (Wildman–Crippen MR) is 114 cm³/mol. The third-order valence-corrected chi connectivity index (χ3v) is 12.4. The molecule has 0 bridgehead atoms. The van der Waals surface area contributed by atoms with Crippen LogP contribution in [0.25, 0.3) is 0 Å². The van der Waals surface area contributed by atoms with Gasteiger partial charge in [0.1, 0.15) is 0 Å². The van der Waals surface area contributed by atoms with Gasteiger partial charge in [0.05, 0.1) is 0 Å². The van der Waals surface area contributed by atoms with Crippen LogP contribution in [0.2, 0.25) is 7.25 Å². The Balaban J connectivity index is 0.00000150. The number of hydrogen-bond donors (Lipinski definition) is 0.